The van der Waals surface area contributed by atoms with E-state index in [4.69, 9.17) is 10.2 Å². The molecule has 66 valence electrons. The molecule has 2 heteroatoms. The van der Waals surface area contributed by atoms with Crippen molar-refractivity contribution < 1.29 is 10.2 Å². The van der Waals surface area contributed by atoms with E-state index < -0.39 is 0 Å². The number of rotatable bonds is 2. The largest absolute Gasteiger partial charge is 0.396 e. The molecule has 0 heterocycles. The molecule has 0 saturated heterocycles. The van der Waals surface area contributed by atoms with Gasteiger partial charge < -0.3 is 10.2 Å². The van der Waals surface area contributed by atoms with Gasteiger partial charge in [0.05, 0.1) is 0 Å². The average Bonchev–Trinajstić information content (AvgIpc) is 2.03. The summed E-state index contributed by atoms with van der Waals surface area (Å²) in [5.74, 6) is 1.56. The molecule has 1 aliphatic rings. The van der Waals surface area contributed by atoms with Crippen LogP contribution in [-0.4, -0.2) is 23.4 Å². The Balaban J connectivity index is 2.37. The SMILES string of the molecule is C[C@H]1C[C@@H](CO)C[C@@H](CO)C1. The van der Waals surface area contributed by atoms with Gasteiger partial charge in [0, 0.05) is 13.2 Å². The molecular formula is C9H18O2. The molecule has 2 N–H and O–H groups in total. The van der Waals surface area contributed by atoms with E-state index in [1.54, 1.807) is 0 Å². The zero-order valence-corrected chi connectivity index (χ0v) is 7.16. The lowest BCUT2D eigenvalue weighted by atomic mass is 9.76. The molecule has 1 fully saturated rings. The summed E-state index contributed by atoms with van der Waals surface area (Å²) in [4.78, 5) is 0. The van der Waals surface area contributed by atoms with Crippen LogP contribution in [-0.2, 0) is 0 Å². The van der Waals surface area contributed by atoms with Crippen LogP contribution in [0.15, 0.2) is 0 Å². The number of aliphatic hydroxyl groups excluding tert-OH is 2. The highest BCUT2D eigenvalue weighted by Gasteiger charge is 2.25. The monoisotopic (exact) mass is 158 g/mol. The molecule has 1 aliphatic carbocycles. The fraction of sp³-hybridized carbons (Fsp3) is 1.00. The first-order valence-electron chi connectivity index (χ1n) is 4.48. The molecule has 0 unspecified atom stereocenters. The van der Waals surface area contributed by atoms with Crippen LogP contribution in [0.25, 0.3) is 0 Å². The molecule has 0 aromatic heterocycles. The first-order valence-corrected chi connectivity index (χ1v) is 4.48. The van der Waals surface area contributed by atoms with Gasteiger partial charge in [-0.1, -0.05) is 6.92 Å². The van der Waals surface area contributed by atoms with Crippen LogP contribution in [0.5, 0.6) is 0 Å². The maximum Gasteiger partial charge on any atom is 0.0459 e. The smallest absolute Gasteiger partial charge is 0.0459 e. The van der Waals surface area contributed by atoms with Crippen molar-refractivity contribution in [3.05, 3.63) is 0 Å². The molecule has 1 rings (SSSR count). The molecule has 11 heavy (non-hydrogen) atoms. The average molecular weight is 158 g/mol. The van der Waals surface area contributed by atoms with Crippen molar-refractivity contribution >= 4 is 0 Å². The Morgan fingerprint density at radius 2 is 1.45 bits per heavy atom. The maximum absolute atomic E-state index is 8.94. The molecular weight excluding hydrogens is 140 g/mol. The van der Waals surface area contributed by atoms with Crippen molar-refractivity contribution in [3.8, 4) is 0 Å². The summed E-state index contributed by atoms with van der Waals surface area (Å²) in [6.07, 6.45) is 3.28. The van der Waals surface area contributed by atoms with Gasteiger partial charge in [-0.2, -0.15) is 0 Å². The van der Waals surface area contributed by atoms with Crippen molar-refractivity contribution in [2.45, 2.75) is 26.2 Å². The third-order valence-electron chi connectivity index (χ3n) is 2.65. The third-order valence-corrected chi connectivity index (χ3v) is 2.65. The molecule has 2 nitrogen and oxygen atoms in total. The molecule has 3 atom stereocenters. The van der Waals surface area contributed by atoms with Crippen molar-refractivity contribution in [1.82, 2.24) is 0 Å². The maximum atomic E-state index is 8.94. The Kier molecular flexibility index (Phi) is 3.34. The third kappa shape index (κ3) is 2.46. The minimum atomic E-state index is 0.292. The summed E-state index contributed by atoms with van der Waals surface area (Å²) >= 11 is 0. The number of aliphatic hydroxyl groups is 2. The zero-order chi connectivity index (χ0) is 8.27. The van der Waals surface area contributed by atoms with Crippen LogP contribution in [0.1, 0.15) is 26.2 Å². The lowest BCUT2D eigenvalue weighted by Gasteiger charge is -2.31. The van der Waals surface area contributed by atoms with Crippen molar-refractivity contribution in [3.63, 3.8) is 0 Å². The van der Waals surface area contributed by atoms with Gasteiger partial charge in [-0.25, -0.2) is 0 Å². The van der Waals surface area contributed by atoms with Crippen molar-refractivity contribution in [2.75, 3.05) is 13.2 Å². The van der Waals surface area contributed by atoms with Gasteiger partial charge in [0.1, 0.15) is 0 Å². The van der Waals surface area contributed by atoms with Crippen LogP contribution >= 0.6 is 0 Å². The van der Waals surface area contributed by atoms with E-state index in [2.05, 4.69) is 6.92 Å². The highest BCUT2D eigenvalue weighted by Crippen LogP contribution is 2.32. The van der Waals surface area contributed by atoms with Crippen molar-refractivity contribution in [1.29, 1.82) is 0 Å². The van der Waals surface area contributed by atoms with Gasteiger partial charge in [0.25, 0.3) is 0 Å². The van der Waals surface area contributed by atoms with Gasteiger partial charge >= 0.3 is 0 Å². The fourth-order valence-electron chi connectivity index (χ4n) is 2.20. The molecule has 0 aromatic carbocycles. The van der Waals surface area contributed by atoms with E-state index in [1.165, 1.54) is 0 Å². The lowest BCUT2D eigenvalue weighted by molar-refractivity contribution is 0.0957. The Hall–Kier alpha value is -0.0800. The number of hydrogen-bond acceptors (Lipinski definition) is 2. The highest BCUT2D eigenvalue weighted by atomic mass is 16.3. The molecule has 0 aromatic rings. The minimum Gasteiger partial charge on any atom is -0.396 e. The van der Waals surface area contributed by atoms with E-state index in [1.807, 2.05) is 0 Å². The molecule has 0 radical (unpaired) electrons. The van der Waals surface area contributed by atoms with Gasteiger partial charge in [0.15, 0.2) is 0 Å². The van der Waals surface area contributed by atoms with Crippen LogP contribution in [0.3, 0.4) is 0 Å². The molecule has 0 bridgehead atoms. The Bertz CT molecular complexity index is 102. The summed E-state index contributed by atoms with van der Waals surface area (Å²) < 4.78 is 0. The van der Waals surface area contributed by atoms with Crippen molar-refractivity contribution in [2.24, 2.45) is 17.8 Å². The molecule has 0 aliphatic heterocycles. The quantitative estimate of drug-likeness (QED) is 0.630. The van der Waals surface area contributed by atoms with E-state index in [0.29, 0.717) is 31.0 Å². The minimum absolute atomic E-state index is 0.292. The zero-order valence-electron chi connectivity index (χ0n) is 7.16. The Morgan fingerprint density at radius 1 is 1.00 bits per heavy atom. The molecule has 0 spiro atoms. The van der Waals surface area contributed by atoms with Crippen LogP contribution < -0.4 is 0 Å². The van der Waals surface area contributed by atoms with E-state index in [9.17, 15) is 0 Å². The van der Waals surface area contributed by atoms with Gasteiger partial charge in [-0.3, -0.25) is 0 Å². The van der Waals surface area contributed by atoms with Crippen LogP contribution in [0.4, 0.5) is 0 Å². The number of hydrogen-bond donors (Lipinski definition) is 2. The standard InChI is InChI=1S/C9H18O2/c1-7-2-8(5-10)4-9(3-7)6-11/h7-11H,2-6H2,1H3/t7-,8+,9-. The summed E-state index contributed by atoms with van der Waals surface area (Å²) in [7, 11) is 0. The van der Waals surface area contributed by atoms with Crippen LogP contribution in [0.2, 0.25) is 0 Å². The fourth-order valence-corrected chi connectivity index (χ4v) is 2.20. The van der Waals surface area contributed by atoms with E-state index in [0.717, 1.165) is 19.3 Å². The van der Waals surface area contributed by atoms with Gasteiger partial charge in [-0.15, -0.1) is 0 Å². The second-order valence-electron chi connectivity index (χ2n) is 3.91. The predicted molar refractivity (Wildman–Crippen MR) is 44.2 cm³/mol. The Labute approximate surface area is 68.2 Å². The summed E-state index contributed by atoms with van der Waals surface area (Å²) in [6, 6.07) is 0. The van der Waals surface area contributed by atoms with Gasteiger partial charge in [-0.05, 0) is 37.0 Å². The first-order chi connectivity index (χ1) is 5.26. The van der Waals surface area contributed by atoms with Crippen LogP contribution in [0, 0.1) is 17.8 Å². The second kappa shape index (κ2) is 4.07. The van der Waals surface area contributed by atoms with E-state index >= 15 is 0 Å². The summed E-state index contributed by atoms with van der Waals surface area (Å²) in [5, 5.41) is 17.9. The second-order valence-corrected chi connectivity index (χ2v) is 3.91. The highest BCUT2D eigenvalue weighted by molar-refractivity contribution is 4.75. The lowest BCUT2D eigenvalue weighted by Crippen LogP contribution is -2.25. The normalized spacial score (nSPS) is 39.0. The Morgan fingerprint density at radius 3 is 1.82 bits per heavy atom. The first kappa shape index (κ1) is 9.01. The molecule has 0 amide bonds. The predicted octanol–water partition coefficient (Wildman–Crippen LogP) is 1.02. The summed E-state index contributed by atoms with van der Waals surface area (Å²) in [6.45, 7) is 2.78. The van der Waals surface area contributed by atoms with Gasteiger partial charge in [0.2, 0.25) is 0 Å². The van der Waals surface area contributed by atoms with E-state index in [-0.39, 0.29) is 0 Å². The summed E-state index contributed by atoms with van der Waals surface area (Å²) in [5.41, 5.74) is 0. The molecule has 1 saturated carbocycles. The topological polar surface area (TPSA) is 40.5 Å².